The van der Waals surface area contributed by atoms with Crippen molar-refractivity contribution >= 4 is 0 Å². The van der Waals surface area contributed by atoms with Gasteiger partial charge in [-0.05, 0) is 36.4 Å². The Kier molecular flexibility index (Phi) is 5.22. The Bertz CT molecular complexity index is 398. The second kappa shape index (κ2) is 6.73. The van der Waals surface area contributed by atoms with Gasteiger partial charge in [-0.25, -0.2) is 0 Å². The van der Waals surface area contributed by atoms with Crippen molar-refractivity contribution in [1.82, 2.24) is 9.80 Å². The standard InChI is InChI=1S/C18H30N2/c1-5-18(3,6-2)17-9-7-16(8-10-17)15-20-13-11-19(4)12-14-20/h7-10H,5-6,11-15H2,1-4H3. The molecule has 1 saturated heterocycles. The predicted molar refractivity (Wildman–Crippen MR) is 87.2 cm³/mol. The summed E-state index contributed by atoms with van der Waals surface area (Å²) >= 11 is 0. The molecule has 2 nitrogen and oxygen atoms in total. The van der Waals surface area contributed by atoms with Gasteiger partial charge in [-0.3, -0.25) is 4.90 Å². The number of piperazine rings is 1. The van der Waals surface area contributed by atoms with E-state index in [2.05, 4.69) is 61.9 Å². The maximum atomic E-state index is 2.56. The Balaban J connectivity index is 1.98. The first-order valence-electron chi connectivity index (χ1n) is 8.07. The van der Waals surface area contributed by atoms with Crippen LogP contribution in [0.25, 0.3) is 0 Å². The number of hydrogen-bond donors (Lipinski definition) is 0. The second-order valence-electron chi connectivity index (χ2n) is 6.54. The van der Waals surface area contributed by atoms with Gasteiger partial charge in [0.2, 0.25) is 0 Å². The van der Waals surface area contributed by atoms with E-state index in [9.17, 15) is 0 Å². The van der Waals surface area contributed by atoms with Gasteiger partial charge in [0, 0.05) is 32.7 Å². The summed E-state index contributed by atoms with van der Waals surface area (Å²) in [6, 6.07) is 9.35. The summed E-state index contributed by atoms with van der Waals surface area (Å²) in [5.74, 6) is 0. The average molecular weight is 274 g/mol. The highest BCUT2D eigenvalue weighted by Gasteiger charge is 2.22. The van der Waals surface area contributed by atoms with Gasteiger partial charge in [0.25, 0.3) is 0 Å². The maximum absolute atomic E-state index is 2.56. The molecule has 2 heteroatoms. The van der Waals surface area contributed by atoms with E-state index in [-0.39, 0.29) is 0 Å². The van der Waals surface area contributed by atoms with E-state index in [1.54, 1.807) is 0 Å². The van der Waals surface area contributed by atoms with E-state index < -0.39 is 0 Å². The molecule has 2 rings (SSSR count). The van der Waals surface area contributed by atoms with Crippen LogP contribution in [0.5, 0.6) is 0 Å². The molecule has 0 amide bonds. The van der Waals surface area contributed by atoms with Crippen LogP contribution in [0.2, 0.25) is 0 Å². The van der Waals surface area contributed by atoms with Gasteiger partial charge in [0.05, 0.1) is 0 Å². The van der Waals surface area contributed by atoms with Crippen LogP contribution in [-0.4, -0.2) is 43.0 Å². The van der Waals surface area contributed by atoms with Gasteiger partial charge in [-0.15, -0.1) is 0 Å². The highest BCUT2D eigenvalue weighted by molar-refractivity contribution is 5.28. The third kappa shape index (κ3) is 3.62. The summed E-state index contributed by atoms with van der Waals surface area (Å²) < 4.78 is 0. The van der Waals surface area contributed by atoms with Crippen LogP contribution >= 0.6 is 0 Å². The molecule has 0 atom stereocenters. The molecule has 1 aliphatic heterocycles. The first kappa shape index (κ1) is 15.5. The molecule has 1 aromatic rings. The molecule has 112 valence electrons. The van der Waals surface area contributed by atoms with Gasteiger partial charge < -0.3 is 4.90 Å². The van der Waals surface area contributed by atoms with E-state index in [4.69, 9.17) is 0 Å². The topological polar surface area (TPSA) is 6.48 Å². The highest BCUT2D eigenvalue weighted by atomic mass is 15.2. The van der Waals surface area contributed by atoms with Gasteiger partial charge in [0.15, 0.2) is 0 Å². The van der Waals surface area contributed by atoms with E-state index in [1.165, 1.54) is 50.1 Å². The van der Waals surface area contributed by atoms with Crippen LogP contribution in [0.3, 0.4) is 0 Å². The molecule has 0 saturated carbocycles. The summed E-state index contributed by atoms with van der Waals surface area (Å²) in [5.41, 5.74) is 3.28. The average Bonchev–Trinajstić information content (AvgIpc) is 2.49. The summed E-state index contributed by atoms with van der Waals surface area (Å²) in [7, 11) is 2.21. The third-order valence-electron chi connectivity index (χ3n) is 5.21. The largest absolute Gasteiger partial charge is 0.304 e. The molecular formula is C18H30N2. The minimum Gasteiger partial charge on any atom is -0.304 e. The number of likely N-dealkylation sites (N-methyl/N-ethyl adjacent to an activating group) is 1. The Labute approximate surface area is 124 Å². The van der Waals surface area contributed by atoms with Crippen LogP contribution in [-0.2, 0) is 12.0 Å². The summed E-state index contributed by atoms with van der Waals surface area (Å²) in [5, 5.41) is 0. The molecular weight excluding hydrogens is 244 g/mol. The summed E-state index contributed by atoms with van der Waals surface area (Å²) in [6.07, 6.45) is 2.42. The normalized spacial score (nSPS) is 18.4. The maximum Gasteiger partial charge on any atom is 0.0234 e. The van der Waals surface area contributed by atoms with E-state index in [0.717, 1.165) is 6.54 Å². The Morgan fingerprint density at radius 2 is 1.50 bits per heavy atom. The Morgan fingerprint density at radius 3 is 2.00 bits per heavy atom. The SMILES string of the molecule is CCC(C)(CC)c1ccc(CN2CCN(C)CC2)cc1. The third-order valence-corrected chi connectivity index (χ3v) is 5.21. The van der Waals surface area contributed by atoms with E-state index in [0.29, 0.717) is 5.41 Å². The molecule has 0 radical (unpaired) electrons. The minimum absolute atomic E-state index is 0.340. The van der Waals surface area contributed by atoms with Gasteiger partial charge >= 0.3 is 0 Å². The molecule has 20 heavy (non-hydrogen) atoms. The van der Waals surface area contributed by atoms with Crippen molar-refractivity contribution in [2.75, 3.05) is 33.2 Å². The molecule has 0 bridgehead atoms. The van der Waals surface area contributed by atoms with Crippen molar-refractivity contribution < 1.29 is 0 Å². The quantitative estimate of drug-likeness (QED) is 0.810. The molecule has 0 spiro atoms. The zero-order valence-corrected chi connectivity index (χ0v) is 13.7. The molecule has 0 unspecified atom stereocenters. The van der Waals surface area contributed by atoms with Crippen LogP contribution < -0.4 is 0 Å². The number of hydrogen-bond acceptors (Lipinski definition) is 2. The Morgan fingerprint density at radius 1 is 0.950 bits per heavy atom. The second-order valence-corrected chi connectivity index (χ2v) is 6.54. The number of benzene rings is 1. The van der Waals surface area contributed by atoms with Crippen molar-refractivity contribution in [3.63, 3.8) is 0 Å². The van der Waals surface area contributed by atoms with E-state index >= 15 is 0 Å². The fourth-order valence-corrected chi connectivity index (χ4v) is 2.93. The van der Waals surface area contributed by atoms with Crippen molar-refractivity contribution in [3.8, 4) is 0 Å². The molecule has 1 aliphatic rings. The van der Waals surface area contributed by atoms with Crippen LogP contribution in [0.1, 0.15) is 44.7 Å². The number of rotatable bonds is 5. The Hall–Kier alpha value is -0.860. The first-order valence-corrected chi connectivity index (χ1v) is 8.07. The zero-order valence-electron chi connectivity index (χ0n) is 13.7. The fraction of sp³-hybridized carbons (Fsp3) is 0.667. The molecule has 0 aromatic heterocycles. The molecule has 1 fully saturated rings. The van der Waals surface area contributed by atoms with Gasteiger partial charge in [0.1, 0.15) is 0 Å². The van der Waals surface area contributed by atoms with Crippen molar-refractivity contribution in [1.29, 1.82) is 0 Å². The summed E-state index contributed by atoms with van der Waals surface area (Å²) in [4.78, 5) is 4.97. The smallest absolute Gasteiger partial charge is 0.0234 e. The first-order chi connectivity index (χ1) is 9.57. The van der Waals surface area contributed by atoms with Gasteiger partial charge in [-0.2, -0.15) is 0 Å². The van der Waals surface area contributed by atoms with E-state index in [1.807, 2.05) is 0 Å². The monoisotopic (exact) mass is 274 g/mol. The van der Waals surface area contributed by atoms with Crippen molar-refractivity contribution in [2.24, 2.45) is 0 Å². The van der Waals surface area contributed by atoms with Crippen LogP contribution in [0, 0.1) is 0 Å². The highest BCUT2D eigenvalue weighted by Crippen LogP contribution is 2.31. The minimum atomic E-state index is 0.340. The lowest BCUT2D eigenvalue weighted by Gasteiger charge is -2.32. The predicted octanol–water partition coefficient (Wildman–Crippen LogP) is 3.51. The lowest BCUT2D eigenvalue weighted by molar-refractivity contribution is 0.148. The lowest BCUT2D eigenvalue weighted by atomic mass is 9.78. The van der Waals surface area contributed by atoms with Crippen molar-refractivity contribution in [3.05, 3.63) is 35.4 Å². The van der Waals surface area contributed by atoms with Crippen molar-refractivity contribution in [2.45, 2.75) is 45.6 Å². The fourth-order valence-electron chi connectivity index (χ4n) is 2.93. The molecule has 1 heterocycles. The molecule has 0 aliphatic carbocycles. The van der Waals surface area contributed by atoms with Gasteiger partial charge in [-0.1, -0.05) is 45.0 Å². The molecule has 0 N–H and O–H groups in total. The molecule has 1 aromatic carbocycles. The summed E-state index contributed by atoms with van der Waals surface area (Å²) in [6.45, 7) is 12.8. The lowest BCUT2D eigenvalue weighted by Crippen LogP contribution is -2.43. The zero-order chi connectivity index (χ0) is 14.6. The van der Waals surface area contributed by atoms with Crippen LogP contribution in [0.4, 0.5) is 0 Å². The van der Waals surface area contributed by atoms with Crippen LogP contribution in [0.15, 0.2) is 24.3 Å². The number of nitrogens with zero attached hydrogens (tertiary/aromatic N) is 2.